The number of nitrogens with zero attached hydrogens (tertiary/aromatic N) is 1. The van der Waals surface area contributed by atoms with E-state index >= 15 is 0 Å². The van der Waals surface area contributed by atoms with Crippen LogP contribution in [0, 0.1) is 11.3 Å². The summed E-state index contributed by atoms with van der Waals surface area (Å²) in [4.78, 5) is 12.7. The van der Waals surface area contributed by atoms with Crippen LogP contribution in [0.15, 0.2) is 72.8 Å². The third kappa shape index (κ3) is 4.30. The summed E-state index contributed by atoms with van der Waals surface area (Å²) in [6, 6.07) is 23.1. The van der Waals surface area contributed by atoms with Gasteiger partial charge in [0, 0.05) is 0 Å². The molecular weight excluding hydrogens is 354 g/mol. The molecular formula is C23H19NO4. The molecule has 0 fully saturated rings. The van der Waals surface area contributed by atoms with Gasteiger partial charge in [0.25, 0.3) is 0 Å². The first-order valence-corrected chi connectivity index (χ1v) is 8.63. The molecule has 140 valence electrons. The van der Waals surface area contributed by atoms with Gasteiger partial charge >= 0.3 is 5.97 Å². The molecule has 0 aliphatic carbocycles. The molecule has 3 rings (SSSR count). The molecule has 0 atom stereocenters. The van der Waals surface area contributed by atoms with E-state index in [4.69, 9.17) is 19.5 Å². The van der Waals surface area contributed by atoms with Crippen molar-refractivity contribution in [1.82, 2.24) is 0 Å². The predicted octanol–water partition coefficient (Wildman–Crippen LogP) is 4.52. The summed E-state index contributed by atoms with van der Waals surface area (Å²) in [7, 11) is 3.20. The van der Waals surface area contributed by atoms with E-state index in [-0.39, 0.29) is 0 Å². The number of carbonyl (C=O) groups is 1. The highest BCUT2D eigenvalue weighted by molar-refractivity contribution is 5.89. The van der Waals surface area contributed by atoms with Crippen LogP contribution < -0.4 is 9.47 Å². The van der Waals surface area contributed by atoms with Gasteiger partial charge in [-0.2, -0.15) is 5.26 Å². The van der Waals surface area contributed by atoms with Crippen LogP contribution in [0.2, 0.25) is 0 Å². The van der Waals surface area contributed by atoms with Gasteiger partial charge in [-0.15, -0.1) is 0 Å². The summed E-state index contributed by atoms with van der Waals surface area (Å²) in [6.07, 6.45) is -0.597. The monoisotopic (exact) mass is 373 g/mol. The van der Waals surface area contributed by atoms with Crippen molar-refractivity contribution in [1.29, 1.82) is 5.26 Å². The lowest BCUT2D eigenvalue weighted by Crippen LogP contribution is -2.13. The first-order valence-electron chi connectivity index (χ1n) is 8.63. The summed E-state index contributed by atoms with van der Waals surface area (Å²) < 4.78 is 16.2. The molecule has 3 aromatic rings. The van der Waals surface area contributed by atoms with Crippen LogP contribution in [0.1, 0.15) is 33.2 Å². The van der Waals surface area contributed by atoms with Gasteiger partial charge in [0.1, 0.15) is 11.5 Å². The SMILES string of the molecule is COc1ccc(C(OC(=O)c2ccc(C#N)cc2)c2ccc(OC)cc2)cc1. The lowest BCUT2D eigenvalue weighted by molar-refractivity contribution is 0.0378. The van der Waals surface area contributed by atoms with Crippen molar-refractivity contribution in [2.75, 3.05) is 14.2 Å². The number of nitriles is 1. The molecule has 0 saturated heterocycles. The highest BCUT2D eigenvalue weighted by Crippen LogP contribution is 2.30. The minimum atomic E-state index is -0.597. The maximum Gasteiger partial charge on any atom is 0.339 e. The number of methoxy groups -OCH3 is 2. The van der Waals surface area contributed by atoms with Crippen molar-refractivity contribution in [3.8, 4) is 17.6 Å². The Morgan fingerprint density at radius 2 is 1.25 bits per heavy atom. The molecule has 0 spiro atoms. The quantitative estimate of drug-likeness (QED) is 0.594. The Balaban J connectivity index is 1.91. The summed E-state index contributed by atoms with van der Waals surface area (Å²) in [6.45, 7) is 0. The molecule has 28 heavy (non-hydrogen) atoms. The zero-order valence-corrected chi connectivity index (χ0v) is 15.6. The van der Waals surface area contributed by atoms with Crippen LogP contribution in [-0.2, 0) is 4.74 Å². The van der Waals surface area contributed by atoms with E-state index in [0.717, 1.165) is 22.6 Å². The minimum absolute atomic E-state index is 0.381. The average molecular weight is 373 g/mol. The summed E-state index contributed by atoms with van der Waals surface area (Å²) in [5.41, 5.74) is 2.49. The number of esters is 1. The maximum absolute atomic E-state index is 12.7. The Bertz CT molecular complexity index is 924. The zero-order chi connectivity index (χ0) is 19.9. The van der Waals surface area contributed by atoms with Gasteiger partial charge in [0.2, 0.25) is 0 Å². The summed E-state index contributed by atoms with van der Waals surface area (Å²) >= 11 is 0. The maximum atomic E-state index is 12.7. The largest absolute Gasteiger partial charge is 0.497 e. The van der Waals surface area contributed by atoms with Crippen LogP contribution in [0.25, 0.3) is 0 Å². The van der Waals surface area contributed by atoms with E-state index in [9.17, 15) is 4.79 Å². The van der Waals surface area contributed by atoms with Gasteiger partial charge in [-0.25, -0.2) is 4.79 Å². The van der Waals surface area contributed by atoms with Gasteiger partial charge in [-0.05, 0) is 59.7 Å². The lowest BCUT2D eigenvalue weighted by atomic mass is 10.0. The Hall–Kier alpha value is -3.78. The molecule has 0 aliphatic heterocycles. The van der Waals surface area contributed by atoms with Gasteiger partial charge in [-0.1, -0.05) is 24.3 Å². The highest BCUT2D eigenvalue weighted by Gasteiger charge is 2.20. The van der Waals surface area contributed by atoms with Crippen molar-refractivity contribution in [3.63, 3.8) is 0 Å². The Labute approximate surface area is 163 Å². The van der Waals surface area contributed by atoms with Crippen molar-refractivity contribution >= 4 is 5.97 Å². The molecule has 0 bridgehead atoms. The van der Waals surface area contributed by atoms with E-state index in [0.29, 0.717) is 11.1 Å². The topological polar surface area (TPSA) is 68.5 Å². The summed E-state index contributed by atoms with van der Waals surface area (Å²) in [5.74, 6) is 0.965. The first-order chi connectivity index (χ1) is 13.6. The van der Waals surface area contributed by atoms with Crippen LogP contribution in [-0.4, -0.2) is 20.2 Å². The van der Waals surface area contributed by atoms with Crippen LogP contribution in [0.5, 0.6) is 11.5 Å². The number of ether oxygens (including phenoxy) is 3. The smallest absolute Gasteiger partial charge is 0.339 e. The molecule has 3 aromatic carbocycles. The molecule has 0 unspecified atom stereocenters. The molecule has 0 amide bonds. The third-order valence-corrected chi connectivity index (χ3v) is 4.31. The van der Waals surface area contributed by atoms with Crippen molar-refractivity contribution in [3.05, 3.63) is 95.1 Å². The zero-order valence-electron chi connectivity index (χ0n) is 15.6. The third-order valence-electron chi connectivity index (χ3n) is 4.31. The molecule has 0 heterocycles. The van der Waals surface area contributed by atoms with E-state index in [2.05, 4.69) is 0 Å². The normalized spacial score (nSPS) is 10.2. The van der Waals surface area contributed by atoms with E-state index in [1.54, 1.807) is 38.5 Å². The first kappa shape index (κ1) is 19.0. The molecule has 0 aliphatic rings. The number of carbonyl (C=O) groups excluding carboxylic acids is 1. The van der Waals surface area contributed by atoms with Crippen LogP contribution >= 0.6 is 0 Å². The molecule has 0 saturated carbocycles. The fraction of sp³-hybridized carbons (Fsp3) is 0.130. The van der Waals surface area contributed by atoms with Crippen molar-refractivity contribution in [2.24, 2.45) is 0 Å². The average Bonchev–Trinajstić information content (AvgIpc) is 2.77. The molecule has 5 nitrogen and oxygen atoms in total. The van der Waals surface area contributed by atoms with E-state index < -0.39 is 12.1 Å². The Morgan fingerprint density at radius 3 is 1.64 bits per heavy atom. The van der Waals surface area contributed by atoms with Gasteiger partial charge in [-0.3, -0.25) is 0 Å². The van der Waals surface area contributed by atoms with Crippen LogP contribution in [0.4, 0.5) is 0 Å². The molecule has 0 radical (unpaired) electrons. The lowest BCUT2D eigenvalue weighted by Gasteiger charge is -2.19. The second kappa shape index (κ2) is 8.74. The number of hydrogen-bond donors (Lipinski definition) is 0. The fourth-order valence-corrected chi connectivity index (χ4v) is 2.74. The fourth-order valence-electron chi connectivity index (χ4n) is 2.74. The highest BCUT2D eigenvalue weighted by atomic mass is 16.5. The molecule has 0 aromatic heterocycles. The second-order valence-electron chi connectivity index (χ2n) is 6.02. The molecule has 5 heteroatoms. The Morgan fingerprint density at radius 1 is 0.786 bits per heavy atom. The van der Waals surface area contributed by atoms with Crippen molar-refractivity contribution in [2.45, 2.75) is 6.10 Å². The number of rotatable bonds is 6. The Kier molecular flexibility index (Phi) is 5.93. The minimum Gasteiger partial charge on any atom is -0.497 e. The van der Waals surface area contributed by atoms with Gasteiger partial charge < -0.3 is 14.2 Å². The van der Waals surface area contributed by atoms with Gasteiger partial charge in [0.05, 0.1) is 31.4 Å². The standard InChI is InChI=1S/C23H19NO4/c1-26-20-11-7-17(8-12-20)22(18-9-13-21(27-2)14-10-18)28-23(25)19-5-3-16(15-24)4-6-19/h3-14,22H,1-2H3. The number of benzene rings is 3. The molecule has 0 N–H and O–H groups in total. The number of hydrogen-bond acceptors (Lipinski definition) is 5. The van der Waals surface area contributed by atoms with Crippen molar-refractivity contribution < 1.29 is 19.0 Å². The second-order valence-corrected chi connectivity index (χ2v) is 6.02. The summed E-state index contributed by atoms with van der Waals surface area (Å²) in [5, 5.41) is 8.91. The van der Waals surface area contributed by atoms with E-state index in [1.165, 1.54) is 0 Å². The van der Waals surface area contributed by atoms with Crippen LogP contribution in [0.3, 0.4) is 0 Å². The predicted molar refractivity (Wildman–Crippen MR) is 104 cm³/mol. The van der Waals surface area contributed by atoms with Gasteiger partial charge in [0.15, 0.2) is 6.10 Å². The van der Waals surface area contributed by atoms with E-state index in [1.807, 2.05) is 54.6 Å².